The fourth-order valence-corrected chi connectivity index (χ4v) is 6.80. The Morgan fingerprint density at radius 3 is 2.35 bits per heavy atom. The van der Waals surface area contributed by atoms with Gasteiger partial charge in [0.15, 0.2) is 0 Å². The number of nitrogens with one attached hydrogen (secondary N) is 1. The number of hydrogen-bond acceptors (Lipinski definition) is 5. The number of anilines is 1. The minimum absolute atomic E-state index is 0.00559. The predicted octanol–water partition coefficient (Wildman–Crippen LogP) is 5.86. The fourth-order valence-electron chi connectivity index (χ4n) is 5.14. The lowest BCUT2D eigenvalue weighted by molar-refractivity contribution is -0.139. The van der Waals surface area contributed by atoms with Crippen molar-refractivity contribution in [3.8, 4) is 5.75 Å². The molecule has 0 aliphatic heterocycles. The van der Waals surface area contributed by atoms with Crippen LogP contribution in [0.1, 0.15) is 50.2 Å². The fraction of sp³-hybridized carbons (Fsp3) is 0.375. The molecule has 0 radical (unpaired) electrons. The Bertz CT molecular complexity index is 1540. The number of nitrogens with zero attached hydrogens (tertiary/aromatic N) is 2. The van der Waals surface area contributed by atoms with Gasteiger partial charge in [-0.1, -0.05) is 66.8 Å². The molecule has 0 spiro atoms. The van der Waals surface area contributed by atoms with Gasteiger partial charge in [-0.3, -0.25) is 13.9 Å². The smallest absolute Gasteiger partial charge is 0.264 e. The van der Waals surface area contributed by atoms with Gasteiger partial charge >= 0.3 is 0 Å². The van der Waals surface area contributed by atoms with Gasteiger partial charge in [-0.05, 0) is 63.1 Å². The number of methoxy groups -OCH3 is 1. The van der Waals surface area contributed by atoms with Crippen molar-refractivity contribution in [1.29, 1.82) is 0 Å². The van der Waals surface area contributed by atoms with Gasteiger partial charge in [0, 0.05) is 18.2 Å². The molecule has 0 aromatic heterocycles. The van der Waals surface area contributed by atoms with E-state index in [1.54, 1.807) is 25.1 Å². The molecule has 0 bridgehead atoms. The minimum Gasteiger partial charge on any atom is -0.495 e. The summed E-state index contributed by atoms with van der Waals surface area (Å²) in [4.78, 5) is 28.7. The summed E-state index contributed by atoms with van der Waals surface area (Å²) in [6.45, 7) is 2.52. The van der Waals surface area contributed by atoms with E-state index in [0.717, 1.165) is 42.0 Å². The molecule has 1 aliphatic rings. The van der Waals surface area contributed by atoms with Crippen LogP contribution in [0.25, 0.3) is 0 Å². The van der Waals surface area contributed by atoms with E-state index >= 15 is 0 Å². The summed E-state index contributed by atoms with van der Waals surface area (Å²) in [6.07, 6.45) is 4.82. The largest absolute Gasteiger partial charge is 0.495 e. The summed E-state index contributed by atoms with van der Waals surface area (Å²) in [7, 11) is -2.84. The highest BCUT2D eigenvalue weighted by Crippen LogP contribution is 2.32. The highest BCUT2D eigenvalue weighted by atomic mass is 35.5. The van der Waals surface area contributed by atoms with Crippen molar-refractivity contribution >= 4 is 39.1 Å². The Morgan fingerprint density at radius 2 is 1.72 bits per heavy atom. The van der Waals surface area contributed by atoms with Gasteiger partial charge in [0.05, 0.1) is 22.7 Å². The van der Waals surface area contributed by atoms with Crippen molar-refractivity contribution in [1.82, 2.24) is 10.2 Å². The molecule has 11 heteroatoms. The van der Waals surface area contributed by atoms with Crippen LogP contribution >= 0.6 is 11.6 Å². The van der Waals surface area contributed by atoms with E-state index in [2.05, 4.69) is 5.32 Å². The Morgan fingerprint density at radius 1 is 1.05 bits per heavy atom. The summed E-state index contributed by atoms with van der Waals surface area (Å²) in [6, 6.07) is 15.6. The normalized spacial score (nSPS) is 14.5. The highest BCUT2D eigenvalue weighted by molar-refractivity contribution is 7.92. The summed E-state index contributed by atoms with van der Waals surface area (Å²) in [5.41, 5.74) is 1.20. The van der Waals surface area contributed by atoms with Gasteiger partial charge in [-0.15, -0.1) is 0 Å². The SMILES string of the molecule is COc1ccc(N(CC(=O)N(Cc2ccccc2F)[C@H](C)C(=O)NC2CCCCC2)S(=O)(=O)c2ccc(C)cc2)cc1Cl. The first-order valence-corrected chi connectivity index (χ1v) is 16.1. The molecule has 2 amide bonds. The Hall–Kier alpha value is -3.63. The van der Waals surface area contributed by atoms with Crippen LogP contribution in [0.2, 0.25) is 5.02 Å². The molecule has 230 valence electrons. The molecule has 1 atom stereocenters. The minimum atomic E-state index is -4.27. The molecule has 1 N–H and O–H groups in total. The second-order valence-electron chi connectivity index (χ2n) is 10.8. The van der Waals surface area contributed by atoms with Crippen LogP contribution < -0.4 is 14.4 Å². The average Bonchev–Trinajstić information content (AvgIpc) is 2.99. The number of sulfonamides is 1. The maximum Gasteiger partial charge on any atom is 0.264 e. The Kier molecular flexibility index (Phi) is 10.7. The quantitative estimate of drug-likeness (QED) is 0.287. The summed E-state index contributed by atoms with van der Waals surface area (Å²) < 4.78 is 48.9. The molecule has 8 nitrogen and oxygen atoms in total. The van der Waals surface area contributed by atoms with Gasteiger partial charge in [0.1, 0.15) is 24.2 Å². The van der Waals surface area contributed by atoms with Crippen molar-refractivity contribution in [3.05, 3.63) is 88.7 Å². The van der Waals surface area contributed by atoms with Crippen LogP contribution in [0.15, 0.2) is 71.6 Å². The first-order valence-electron chi connectivity index (χ1n) is 14.3. The number of benzene rings is 3. The molecule has 1 saturated carbocycles. The van der Waals surface area contributed by atoms with E-state index in [1.165, 1.54) is 60.5 Å². The van der Waals surface area contributed by atoms with Gasteiger partial charge < -0.3 is 15.0 Å². The predicted molar refractivity (Wildman–Crippen MR) is 165 cm³/mol. The van der Waals surface area contributed by atoms with Crippen molar-refractivity contribution in [2.24, 2.45) is 0 Å². The number of halogens is 2. The third-order valence-electron chi connectivity index (χ3n) is 7.73. The maximum absolute atomic E-state index is 14.8. The second-order valence-corrected chi connectivity index (χ2v) is 13.0. The first-order chi connectivity index (χ1) is 20.5. The number of hydrogen-bond donors (Lipinski definition) is 1. The summed E-state index contributed by atoms with van der Waals surface area (Å²) >= 11 is 6.36. The molecular formula is C32H37ClFN3O5S. The van der Waals surface area contributed by atoms with Crippen molar-refractivity contribution < 1.29 is 27.1 Å². The van der Waals surface area contributed by atoms with E-state index in [4.69, 9.17) is 16.3 Å². The Balaban J connectivity index is 1.71. The average molecular weight is 630 g/mol. The molecule has 0 unspecified atom stereocenters. The monoisotopic (exact) mass is 629 g/mol. The first kappa shape index (κ1) is 32.3. The van der Waals surface area contributed by atoms with Crippen LogP contribution in [0.5, 0.6) is 5.75 Å². The van der Waals surface area contributed by atoms with Crippen LogP contribution in [-0.4, -0.2) is 50.9 Å². The number of carbonyl (C=O) groups is 2. The number of rotatable bonds is 11. The Labute approximate surface area is 257 Å². The van der Waals surface area contributed by atoms with E-state index in [1.807, 2.05) is 6.92 Å². The molecule has 1 aliphatic carbocycles. The molecular weight excluding hydrogens is 593 g/mol. The lowest BCUT2D eigenvalue weighted by Gasteiger charge is -2.33. The van der Waals surface area contributed by atoms with Crippen LogP contribution in [0.4, 0.5) is 10.1 Å². The zero-order valence-electron chi connectivity index (χ0n) is 24.6. The third-order valence-corrected chi connectivity index (χ3v) is 9.81. The molecule has 4 rings (SSSR count). The van der Waals surface area contributed by atoms with Crippen molar-refractivity contribution in [2.45, 2.75) is 69.5 Å². The zero-order chi connectivity index (χ0) is 31.1. The van der Waals surface area contributed by atoms with E-state index in [0.29, 0.717) is 5.75 Å². The lowest BCUT2D eigenvalue weighted by atomic mass is 9.95. The second kappa shape index (κ2) is 14.2. The van der Waals surface area contributed by atoms with Crippen LogP contribution in [0.3, 0.4) is 0 Å². The van der Waals surface area contributed by atoms with E-state index < -0.39 is 34.3 Å². The topological polar surface area (TPSA) is 96.0 Å². The van der Waals surface area contributed by atoms with Gasteiger partial charge in [0.25, 0.3) is 10.0 Å². The van der Waals surface area contributed by atoms with Gasteiger partial charge in [-0.2, -0.15) is 0 Å². The van der Waals surface area contributed by atoms with E-state index in [9.17, 15) is 22.4 Å². The third kappa shape index (κ3) is 7.86. The number of amides is 2. The van der Waals surface area contributed by atoms with Gasteiger partial charge in [0.2, 0.25) is 11.8 Å². The number of ether oxygens (including phenoxy) is 1. The summed E-state index contributed by atoms with van der Waals surface area (Å²) in [5, 5.41) is 3.18. The van der Waals surface area contributed by atoms with Crippen LogP contribution in [-0.2, 0) is 26.2 Å². The zero-order valence-corrected chi connectivity index (χ0v) is 26.1. The maximum atomic E-state index is 14.8. The molecule has 0 saturated heterocycles. The lowest BCUT2D eigenvalue weighted by Crippen LogP contribution is -2.53. The van der Waals surface area contributed by atoms with Crippen LogP contribution in [0, 0.1) is 12.7 Å². The van der Waals surface area contributed by atoms with Gasteiger partial charge in [-0.25, -0.2) is 12.8 Å². The number of aryl methyl sites for hydroxylation is 1. The molecule has 43 heavy (non-hydrogen) atoms. The molecule has 3 aromatic rings. The molecule has 0 heterocycles. The molecule has 3 aromatic carbocycles. The van der Waals surface area contributed by atoms with Crippen molar-refractivity contribution in [3.63, 3.8) is 0 Å². The highest BCUT2D eigenvalue weighted by Gasteiger charge is 2.34. The molecule has 1 fully saturated rings. The summed E-state index contributed by atoms with van der Waals surface area (Å²) in [5.74, 6) is -1.26. The van der Waals surface area contributed by atoms with E-state index in [-0.39, 0.29) is 39.7 Å². The van der Waals surface area contributed by atoms with Crippen molar-refractivity contribution in [2.75, 3.05) is 18.0 Å². The standard InChI is InChI=1S/C32H37ClFN3O5S/c1-22-13-16-27(17-14-22)43(40,41)37(26-15-18-30(42-3)28(33)19-26)21-31(38)36(20-24-9-7-8-12-29(24)34)23(2)32(39)35-25-10-5-4-6-11-25/h7-9,12-19,23,25H,4-6,10-11,20-21H2,1-3H3,(H,35,39)/t23-/m1/s1. The number of carbonyl (C=O) groups excluding carboxylic acids is 2.